The first-order valence-corrected chi connectivity index (χ1v) is 6.50. The maximum Gasteiger partial charge on any atom is 0 e. The van der Waals surface area contributed by atoms with E-state index in [1.807, 2.05) is 64.2 Å². The van der Waals surface area contributed by atoms with E-state index in [0.717, 1.165) is 0 Å². The Labute approximate surface area is 180 Å². The van der Waals surface area contributed by atoms with Crippen LogP contribution in [0.25, 0.3) is 0 Å². The predicted octanol–water partition coefficient (Wildman–Crippen LogP) is 3.21. The van der Waals surface area contributed by atoms with Crippen LogP contribution >= 0.6 is 0 Å². The molecule has 0 aromatic rings. The molecule has 11 radical (unpaired) electrons. The molecule has 2 fully saturated rings. The van der Waals surface area contributed by atoms with Gasteiger partial charge in [-0.2, -0.15) is 6.92 Å². The fourth-order valence-corrected chi connectivity index (χ4v) is 0.642. The third-order valence-corrected chi connectivity index (χ3v) is 1.11. The molecule has 0 unspecified atom stereocenters. The first-order valence-electron chi connectivity index (χ1n) is 5.19. The van der Waals surface area contributed by atoms with E-state index in [1.54, 1.807) is 6.92 Å². The molecule has 2 rings (SSSR count). The van der Waals surface area contributed by atoms with Gasteiger partial charge in [0.25, 0.3) is 0 Å². The van der Waals surface area contributed by atoms with Crippen molar-refractivity contribution in [2.75, 3.05) is 0 Å². The summed E-state index contributed by atoms with van der Waals surface area (Å²) in [5, 5.41) is 0. The van der Waals surface area contributed by atoms with Crippen molar-refractivity contribution >= 4 is 0 Å². The van der Waals surface area contributed by atoms with Gasteiger partial charge in [0.1, 0.15) is 0 Å². The minimum Gasteiger partial charge on any atom is 0 e. The Balaban J connectivity index is -0.0000000229. The summed E-state index contributed by atoms with van der Waals surface area (Å²) in [6.45, 7) is 23.0. The molecule has 2 aliphatic rings. The van der Waals surface area contributed by atoms with Gasteiger partial charge in [0.2, 0.25) is 0 Å². The molecule has 0 heterocycles. The molecular weight excluding hydrogens is 663 g/mol. The van der Waals surface area contributed by atoms with E-state index < -0.39 is 0 Å². The van der Waals surface area contributed by atoms with Gasteiger partial charge >= 0.3 is 69.5 Å². The summed E-state index contributed by atoms with van der Waals surface area (Å²) in [5.41, 5.74) is 0. The number of hydrogen-bond donors (Lipinski definition) is 0. The fraction of sp³-hybridized carbons (Fsp3) is 0.0556. The van der Waals surface area contributed by atoms with Gasteiger partial charge in [0.15, 0.2) is 0 Å². The van der Waals surface area contributed by atoms with Gasteiger partial charge in [-0.05, 0) is 64.2 Å². The van der Waals surface area contributed by atoms with Crippen molar-refractivity contribution in [3.63, 3.8) is 0 Å². The molecule has 0 N–H and O–H groups in total. The minimum atomic E-state index is 0. The Kier molecular flexibility index (Phi) is 210. The average molecular weight is 681 g/mol. The third-order valence-electron chi connectivity index (χ3n) is 1.11. The zero-order valence-electron chi connectivity index (χ0n) is 13.8. The molecule has 25 heavy (non-hydrogen) atoms. The largest absolute Gasteiger partial charge is 0 e. The molecule has 7 heteroatoms. The van der Waals surface area contributed by atoms with Crippen molar-refractivity contribution in [1.82, 2.24) is 0 Å². The Morgan fingerprint density at radius 2 is 0.680 bits per heavy atom. The van der Waals surface area contributed by atoms with Crippen molar-refractivity contribution in [3.05, 3.63) is 111 Å². The van der Waals surface area contributed by atoms with Gasteiger partial charge in [-0.1, -0.05) is 0 Å². The van der Waals surface area contributed by atoms with Crippen LogP contribution in [-0.2, 0) is 63.3 Å². The first-order chi connectivity index (χ1) is 11.4. The Bertz CT molecular complexity index is 196. The average Bonchev–Trinajstić information content (AvgIpc) is 3.42. The summed E-state index contributed by atoms with van der Waals surface area (Å²) in [6, 6.07) is 0. The van der Waals surface area contributed by atoms with Crippen LogP contribution in [0.4, 0.5) is 0 Å². The third kappa shape index (κ3) is 117. The van der Waals surface area contributed by atoms with E-state index in [2.05, 4.69) is 39.3 Å². The second-order valence-corrected chi connectivity index (χ2v) is 2.28. The maximum absolute atomic E-state index is 8.36. The molecule has 0 saturated heterocycles. The molecular formula is C18H18O5ReTa-2. The topological polar surface area (TPSA) is 96.7 Å². The molecule has 0 amide bonds. The second-order valence-electron chi connectivity index (χ2n) is 2.28. The van der Waals surface area contributed by atoms with Crippen molar-refractivity contribution in [2.45, 2.75) is 6.92 Å². The van der Waals surface area contributed by atoms with Crippen molar-refractivity contribution < 1.29 is 63.3 Å². The molecule has 0 spiro atoms. The van der Waals surface area contributed by atoms with Crippen LogP contribution in [0.15, 0.2) is 6.58 Å². The fourth-order valence-electron chi connectivity index (χ4n) is 0.642. The van der Waals surface area contributed by atoms with E-state index in [4.69, 9.17) is 21.9 Å². The smallest absolute Gasteiger partial charge is 0 e. The van der Waals surface area contributed by atoms with Gasteiger partial charge in [0.05, 0.1) is 0 Å². The van der Waals surface area contributed by atoms with Crippen LogP contribution < -0.4 is 0 Å². The molecule has 2 saturated carbocycles. The van der Waals surface area contributed by atoms with Crippen LogP contribution in [0.5, 0.6) is 0 Å². The van der Waals surface area contributed by atoms with Gasteiger partial charge in [-0.3, -0.25) is 6.58 Å². The van der Waals surface area contributed by atoms with Gasteiger partial charge in [-0.25, -0.2) is 0 Å². The number of hydrogen-bond acceptors (Lipinski definition) is 1. The Morgan fingerprint density at radius 3 is 0.720 bits per heavy atom. The summed E-state index contributed by atoms with van der Waals surface area (Å²) in [6.07, 6.45) is 22.5. The van der Waals surface area contributed by atoms with Gasteiger partial charge in [0, 0.05) is 20.4 Å². The van der Waals surface area contributed by atoms with E-state index in [9.17, 15) is 0 Å². The Morgan fingerprint density at radius 1 is 0.640 bits per heavy atom. The molecule has 2 aliphatic carbocycles. The number of allylic oxidation sites excluding steroid dienone is 1. The SMILES string of the molecule is C=[C-]C.[C-]#[O+].[C-]#[O+].[C-]#[O+].[C-]#[O+].[CH3-].[CH]1[CH][CH][CH][CH]1.[CH]1[CH][CH][CH][CH]1.[O]=[Ta].[Re]. The van der Waals surface area contributed by atoms with E-state index in [0.29, 0.717) is 0 Å². The second kappa shape index (κ2) is 105. The molecule has 0 aromatic heterocycles. The quantitative estimate of drug-likeness (QED) is 0.285. The number of rotatable bonds is 0. The molecule has 5 nitrogen and oxygen atoms in total. The minimum absolute atomic E-state index is 0. The molecule has 0 atom stereocenters. The molecule has 0 aromatic carbocycles. The molecule has 0 aliphatic heterocycles. The van der Waals surface area contributed by atoms with Crippen molar-refractivity contribution in [1.29, 1.82) is 0 Å². The van der Waals surface area contributed by atoms with E-state index in [-0.39, 0.29) is 48.9 Å². The zero-order valence-corrected chi connectivity index (χ0v) is 19.8. The summed E-state index contributed by atoms with van der Waals surface area (Å²) >= 11 is 0.194. The summed E-state index contributed by atoms with van der Waals surface area (Å²) < 4.78 is 38.4. The Hall–Kier alpha value is -0.0974. The summed E-state index contributed by atoms with van der Waals surface area (Å²) in [7, 11) is 0. The van der Waals surface area contributed by atoms with Crippen LogP contribution in [0.2, 0.25) is 0 Å². The van der Waals surface area contributed by atoms with Crippen LogP contribution in [0, 0.1) is 104 Å². The summed E-state index contributed by atoms with van der Waals surface area (Å²) in [4.78, 5) is 0. The molecule has 0 bridgehead atoms. The summed E-state index contributed by atoms with van der Waals surface area (Å²) in [5.74, 6) is 0. The van der Waals surface area contributed by atoms with Gasteiger partial charge < -0.3 is 13.5 Å². The van der Waals surface area contributed by atoms with E-state index in [1.165, 1.54) is 0 Å². The standard InChI is InChI=1S/2C5H5.C3H5.4CO.CH3.O.Re.Ta/c2*1-2-4-5-3-1;1-3-2;4*1-2;;;;/h2*1-5H;1H2,2H3;;;;;1H3;;;/q;;-1;;;;;-1;;;. The zero-order chi connectivity index (χ0) is 19.8. The first kappa shape index (κ1) is 49.8. The normalized spacial score (nSPS) is 10.6. The van der Waals surface area contributed by atoms with Gasteiger partial charge in [-0.15, -0.1) is 0 Å². The van der Waals surface area contributed by atoms with Crippen LogP contribution in [0.1, 0.15) is 6.92 Å². The predicted molar refractivity (Wildman–Crippen MR) is 80.4 cm³/mol. The van der Waals surface area contributed by atoms with Crippen LogP contribution in [-0.4, -0.2) is 0 Å². The monoisotopic (exact) mass is 682 g/mol. The van der Waals surface area contributed by atoms with Crippen molar-refractivity contribution in [3.8, 4) is 0 Å². The molecule has 134 valence electrons. The maximum atomic E-state index is 8.36. The van der Waals surface area contributed by atoms with E-state index >= 15 is 0 Å². The van der Waals surface area contributed by atoms with Crippen molar-refractivity contribution in [2.24, 2.45) is 0 Å². The van der Waals surface area contributed by atoms with Crippen LogP contribution in [0.3, 0.4) is 0 Å².